The average Bonchev–Trinajstić information content (AvgIpc) is 3.33. The second-order valence-corrected chi connectivity index (χ2v) is 17.7. The SMILES string of the molecule is CC(C)(C)c1cc(-c2ccc3c(c2)c2c(-c4cc(C(C)(C)C)cc(C(C)(C)C)c4)cccc2n3-c2ccccc2)cc(C(C)(C)C)c1. The summed E-state index contributed by atoms with van der Waals surface area (Å²) in [5.41, 5.74) is 14.5. The number of nitrogens with zero attached hydrogens (tertiary/aromatic N) is 1. The molecule has 0 amide bonds. The van der Waals surface area contributed by atoms with Crippen LogP contribution in [0.3, 0.4) is 0 Å². The van der Waals surface area contributed by atoms with Gasteiger partial charge >= 0.3 is 0 Å². The molecular weight excluding hydrogens is 567 g/mol. The third-order valence-corrected chi connectivity index (χ3v) is 9.78. The first-order valence-electron chi connectivity index (χ1n) is 17.3. The van der Waals surface area contributed by atoms with E-state index in [2.05, 4.69) is 191 Å². The van der Waals surface area contributed by atoms with Crippen molar-refractivity contribution in [3.05, 3.63) is 125 Å². The molecule has 5 aromatic carbocycles. The van der Waals surface area contributed by atoms with Gasteiger partial charge in [0.2, 0.25) is 0 Å². The minimum atomic E-state index is 0.0396. The Balaban J connectivity index is 1.71. The maximum Gasteiger partial charge on any atom is 0.0547 e. The molecule has 0 saturated carbocycles. The van der Waals surface area contributed by atoms with Gasteiger partial charge in [-0.3, -0.25) is 0 Å². The van der Waals surface area contributed by atoms with Gasteiger partial charge in [0.05, 0.1) is 11.0 Å². The van der Waals surface area contributed by atoms with Gasteiger partial charge in [-0.25, -0.2) is 0 Å². The zero-order chi connectivity index (χ0) is 34.1. The van der Waals surface area contributed by atoms with Crippen LogP contribution >= 0.6 is 0 Å². The molecule has 0 aliphatic heterocycles. The zero-order valence-electron chi connectivity index (χ0n) is 30.8. The predicted molar refractivity (Wildman–Crippen MR) is 206 cm³/mol. The van der Waals surface area contributed by atoms with Crippen molar-refractivity contribution in [2.75, 3.05) is 0 Å². The van der Waals surface area contributed by atoms with E-state index in [1.165, 1.54) is 72.0 Å². The summed E-state index contributed by atoms with van der Waals surface area (Å²) in [5.74, 6) is 0. The quantitative estimate of drug-likeness (QED) is 0.186. The van der Waals surface area contributed by atoms with E-state index in [-0.39, 0.29) is 21.7 Å². The standard InChI is InChI=1S/C46H53N/c1-43(2,3)33-23-31(24-34(28-33)44(4,5)6)30-21-22-40-39(27-30)42-38(19-16-20-41(42)47(40)37-17-14-13-15-18-37)32-25-35(45(7,8)9)29-36(26-32)46(10,11)12/h13-29H,1-12H3. The second kappa shape index (κ2) is 11.3. The normalized spacial score (nSPS) is 13.1. The molecule has 47 heavy (non-hydrogen) atoms. The molecule has 0 radical (unpaired) electrons. The summed E-state index contributed by atoms with van der Waals surface area (Å²) in [5, 5.41) is 2.59. The van der Waals surface area contributed by atoms with Crippen LogP contribution in [-0.2, 0) is 21.7 Å². The summed E-state index contributed by atoms with van der Waals surface area (Å²) in [6.07, 6.45) is 0. The van der Waals surface area contributed by atoms with Crippen molar-refractivity contribution in [2.45, 2.75) is 105 Å². The number of hydrogen-bond donors (Lipinski definition) is 0. The lowest BCUT2D eigenvalue weighted by molar-refractivity contribution is 0.568. The van der Waals surface area contributed by atoms with Crippen molar-refractivity contribution < 1.29 is 0 Å². The highest BCUT2D eigenvalue weighted by Gasteiger charge is 2.24. The summed E-state index contributed by atoms with van der Waals surface area (Å²) in [7, 11) is 0. The first-order chi connectivity index (χ1) is 21.8. The van der Waals surface area contributed by atoms with Crippen LogP contribution in [0.2, 0.25) is 0 Å². The van der Waals surface area contributed by atoms with Gasteiger partial charge in [0.1, 0.15) is 0 Å². The fourth-order valence-corrected chi connectivity index (χ4v) is 6.66. The first kappa shape index (κ1) is 32.8. The number of hydrogen-bond acceptors (Lipinski definition) is 0. The Morgan fingerprint density at radius 2 is 0.872 bits per heavy atom. The fraction of sp³-hybridized carbons (Fsp3) is 0.348. The summed E-state index contributed by atoms with van der Waals surface area (Å²) in [4.78, 5) is 0. The smallest absolute Gasteiger partial charge is 0.0547 e. The van der Waals surface area contributed by atoms with Crippen LogP contribution in [0.25, 0.3) is 49.7 Å². The van der Waals surface area contributed by atoms with Crippen molar-refractivity contribution in [3.8, 4) is 27.9 Å². The Morgan fingerprint density at radius 1 is 0.383 bits per heavy atom. The van der Waals surface area contributed by atoms with Gasteiger partial charge in [0.25, 0.3) is 0 Å². The van der Waals surface area contributed by atoms with E-state index in [4.69, 9.17) is 0 Å². The maximum atomic E-state index is 2.45. The van der Waals surface area contributed by atoms with Gasteiger partial charge in [-0.15, -0.1) is 0 Å². The van der Waals surface area contributed by atoms with E-state index in [1.54, 1.807) is 0 Å². The number of aromatic nitrogens is 1. The van der Waals surface area contributed by atoms with Gasteiger partial charge in [0, 0.05) is 16.5 Å². The van der Waals surface area contributed by atoms with Crippen molar-refractivity contribution in [1.29, 1.82) is 0 Å². The van der Waals surface area contributed by atoms with Crippen LogP contribution in [0.4, 0.5) is 0 Å². The third-order valence-electron chi connectivity index (χ3n) is 9.78. The second-order valence-electron chi connectivity index (χ2n) is 17.7. The predicted octanol–water partition coefficient (Wildman–Crippen LogP) is 13.3. The Bertz CT molecular complexity index is 2030. The molecule has 0 saturated heterocycles. The molecule has 0 spiro atoms. The summed E-state index contributed by atoms with van der Waals surface area (Å²) in [6, 6.07) is 39.3. The van der Waals surface area contributed by atoms with Gasteiger partial charge in [0.15, 0.2) is 0 Å². The van der Waals surface area contributed by atoms with Crippen LogP contribution < -0.4 is 0 Å². The average molecular weight is 620 g/mol. The highest BCUT2D eigenvalue weighted by atomic mass is 15.0. The Morgan fingerprint density at radius 3 is 1.36 bits per heavy atom. The van der Waals surface area contributed by atoms with Crippen molar-refractivity contribution >= 4 is 21.8 Å². The Kier molecular flexibility index (Phi) is 7.86. The number of benzene rings is 5. The monoisotopic (exact) mass is 619 g/mol. The zero-order valence-corrected chi connectivity index (χ0v) is 30.8. The molecule has 1 heterocycles. The number of fused-ring (bicyclic) bond motifs is 3. The number of rotatable bonds is 3. The third kappa shape index (κ3) is 6.30. The lowest BCUT2D eigenvalue weighted by Gasteiger charge is -2.26. The molecule has 6 aromatic rings. The molecule has 0 aliphatic rings. The van der Waals surface area contributed by atoms with Crippen molar-refractivity contribution in [1.82, 2.24) is 4.57 Å². The van der Waals surface area contributed by atoms with E-state index in [0.717, 1.165) is 0 Å². The molecule has 0 N–H and O–H groups in total. The molecule has 1 heteroatoms. The maximum absolute atomic E-state index is 2.45. The first-order valence-corrected chi connectivity index (χ1v) is 17.3. The lowest BCUT2D eigenvalue weighted by atomic mass is 9.78. The Labute approximate surface area is 283 Å². The lowest BCUT2D eigenvalue weighted by Crippen LogP contribution is -2.16. The van der Waals surface area contributed by atoms with E-state index < -0.39 is 0 Å². The van der Waals surface area contributed by atoms with E-state index in [1.807, 2.05) is 0 Å². The topological polar surface area (TPSA) is 4.93 Å². The molecule has 0 aliphatic carbocycles. The van der Waals surface area contributed by atoms with E-state index in [9.17, 15) is 0 Å². The van der Waals surface area contributed by atoms with E-state index in [0.29, 0.717) is 0 Å². The van der Waals surface area contributed by atoms with Gasteiger partial charge in [-0.05, 0) is 96.5 Å². The van der Waals surface area contributed by atoms with Crippen LogP contribution in [0.1, 0.15) is 105 Å². The highest BCUT2D eigenvalue weighted by Crippen LogP contribution is 2.43. The minimum absolute atomic E-state index is 0.0396. The van der Waals surface area contributed by atoms with Crippen molar-refractivity contribution in [2.24, 2.45) is 0 Å². The fourth-order valence-electron chi connectivity index (χ4n) is 6.66. The molecule has 1 aromatic heterocycles. The molecule has 6 rings (SSSR count). The summed E-state index contributed by atoms with van der Waals surface area (Å²) in [6.45, 7) is 27.9. The van der Waals surface area contributed by atoms with Gasteiger partial charge in [-0.2, -0.15) is 0 Å². The molecule has 242 valence electrons. The van der Waals surface area contributed by atoms with Gasteiger partial charge in [-0.1, -0.05) is 156 Å². The van der Waals surface area contributed by atoms with Gasteiger partial charge < -0.3 is 4.57 Å². The van der Waals surface area contributed by atoms with Crippen LogP contribution in [0.15, 0.2) is 103 Å². The largest absolute Gasteiger partial charge is 0.309 e. The molecular formula is C46H53N. The molecule has 0 bridgehead atoms. The van der Waals surface area contributed by atoms with Crippen LogP contribution in [0.5, 0.6) is 0 Å². The number of para-hydroxylation sites is 1. The van der Waals surface area contributed by atoms with Crippen molar-refractivity contribution in [3.63, 3.8) is 0 Å². The highest BCUT2D eigenvalue weighted by molar-refractivity contribution is 6.16. The summed E-state index contributed by atoms with van der Waals surface area (Å²) < 4.78 is 2.45. The molecule has 0 atom stereocenters. The van der Waals surface area contributed by atoms with Crippen LogP contribution in [-0.4, -0.2) is 4.57 Å². The molecule has 0 unspecified atom stereocenters. The Hall–Kier alpha value is -4.10. The summed E-state index contributed by atoms with van der Waals surface area (Å²) >= 11 is 0. The minimum Gasteiger partial charge on any atom is -0.309 e. The van der Waals surface area contributed by atoms with E-state index >= 15 is 0 Å². The van der Waals surface area contributed by atoms with Crippen LogP contribution in [0, 0.1) is 0 Å². The molecule has 0 fully saturated rings. The molecule has 1 nitrogen and oxygen atoms in total.